The van der Waals surface area contributed by atoms with Crippen molar-refractivity contribution in [3.8, 4) is 5.75 Å². The predicted molar refractivity (Wildman–Crippen MR) is 75.8 cm³/mol. The molecule has 0 fully saturated rings. The Morgan fingerprint density at radius 1 is 1.53 bits per heavy atom. The molecule has 0 aliphatic carbocycles. The average Bonchev–Trinajstić information content (AvgIpc) is 2.38. The average molecular weight is 286 g/mol. The summed E-state index contributed by atoms with van der Waals surface area (Å²) >= 11 is 6.02. The molecule has 1 unspecified atom stereocenters. The quantitative estimate of drug-likeness (QED) is 0.771. The number of hydrogen-bond acceptors (Lipinski definition) is 3. The lowest BCUT2D eigenvalue weighted by atomic mass is 10.1. The molecule has 0 spiro atoms. The summed E-state index contributed by atoms with van der Waals surface area (Å²) in [6.45, 7) is 2.52. The van der Waals surface area contributed by atoms with Crippen LogP contribution in [-0.2, 0) is 11.3 Å². The first-order chi connectivity index (χ1) is 9.08. The van der Waals surface area contributed by atoms with Crippen LogP contribution in [0.3, 0.4) is 0 Å². The number of methoxy groups -OCH3 is 1. The van der Waals surface area contributed by atoms with Gasteiger partial charge in [0.05, 0.1) is 12.1 Å². The summed E-state index contributed by atoms with van der Waals surface area (Å²) in [7, 11) is 1.56. The van der Waals surface area contributed by atoms with Crippen LogP contribution in [0.2, 0.25) is 5.02 Å². The minimum Gasteiger partial charge on any atom is -0.495 e. The van der Waals surface area contributed by atoms with E-state index in [0.29, 0.717) is 23.7 Å². The van der Waals surface area contributed by atoms with Crippen LogP contribution in [0.25, 0.3) is 0 Å². The fraction of sp³-hybridized carbons (Fsp3) is 0.500. The molecular weight excluding hydrogens is 266 g/mol. The number of aliphatic carboxylic acids is 1. The zero-order chi connectivity index (χ0) is 14.3. The molecular formula is C14H20ClNO3. The third kappa shape index (κ3) is 5.09. The van der Waals surface area contributed by atoms with Gasteiger partial charge < -0.3 is 15.2 Å². The van der Waals surface area contributed by atoms with Gasteiger partial charge in [-0.15, -0.1) is 0 Å². The van der Waals surface area contributed by atoms with Crippen molar-refractivity contribution in [2.75, 3.05) is 7.11 Å². The van der Waals surface area contributed by atoms with Gasteiger partial charge in [0.1, 0.15) is 11.8 Å². The Morgan fingerprint density at radius 3 is 2.79 bits per heavy atom. The van der Waals surface area contributed by atoms with Gasteiger partial charge in [-0.05, 0) is 24.1 Å². The van der Waals surface area contributed by atoms with Crippen molar-refractivity contribution in [2.24, 2.45) is 0 Å². The van der Waals surface area contributed by atoms with E-state index in [-0.39, 0.29) is 0 Å². The van der Waals surface area contributed by atoms with Crippen LogP contribution in [-0.4, -0.2) is 24.2 Å². The SMILES string of the molecule is CCCCC(NCc1ccc(OC)c(Cl)c1)C(=O)O. The van der Waals surface area contributed by atoms with E-state index in [1.54, 1.807) is 19.2 Å². The van der Waals surface area contributed by atoms with Crippen molar-refractivity contribution in [3.05, 3.63) is 28.8 Å². The van der Waals surface area contributed by atoms with Gasteiger partial charge in [0.2, 0.25) is 0 Å². The monoisotopic (exact) mass is 285 g/mol. The van der Waals surface area contributed by atoms with Crippen LogP contribution in [0.5, 0.6) is 5.75 Å². The number of carboxylic acids is 1. The molecule has 1 aromatic carbocycles. The molecule has 0 aliphatic heterocycles. The fourth-order valence-electron chi connectivity index (χ4n) is 1.78. The molecule has 0 heterocycles. The van der Waals surface area contributed by atoms with E-state index < -0.39 is 12.0 Å². The molecule has 19 heavy (non-hydrogen) atoms. The van der Waals surface area contributed by atoms with E-state index in [1.165, 1.54) is 0 Å². The first kappa shape index (κ1) is 15.8. The van der Waals surface area contributed by atoms with E-state index in [1.807, 2.05) is 13.0 Å². The van der Waals surface area contributed by atoms with E-state index in [2.05, 4.69) is 5.32 Å². The van der Waals surface area contributed by atoms with Gasteiger partial charge in [0.25, 0.3) is 0 Å². The van der Waals surface area contributed by atoms with Crippen molar-refractivity contribution < 1.29 is 14.6 Å². The van der Waals surface area contributed by atoms with E-state index >= 15 is 0 Å². The summed E-state index contributed by atoms with van der Waals surface area (Å²) in [5, 5.41) is 12.7. The van der Waals surface area contributed by atoms with Gasteiger partial charge in [-0.1, -0.05) is 37.4 Å². The molecule has 0 radical (unpaired) electrons. The molecule has 1 aromatic rings. The summed E-state index contributed by atoms with van der Waals surface area (Å²) < 4.78 is 5.07. The zero-order valence-corrected chi connectivity index (χ0v) is 12.0. The smallest absolute Gasteiger partial charge is 0.320 e. The maximum atomic E-state index is 11.1. The molecule has 1 rings (SSSR count). The molecule has 0 saturated carbocycles. The third-order valence-electron chi connectivity index (χ3n) is 2.91. The molecule has 106 valence electrons. The highest BCUT2D eigenvalue weighted by Gasteiger charge is 2.15. The number of ether oxygens (including phenoxy) is 1. The van der Waals surface area contributed by atoms with Crippen LogP contribution < -0.4 is 10.1 Å². The molecule has 5 heteroatoms. The van der Waals surface area contributed by atoms with Crippen LogP contribution >= 0.6 is 11.6 Å². The fourth-order valence-corrected chi connectivity index (χ4v) is 2.06. The van der Waals surface area contributed by atoms with E-state index in [4.69, 9.17) is 21.4 Å². The van der Waals surface area contributed by atoms with Crippen molar-refractivity contribution >= 4 is 17.6 Å². The minimum absolute atomic E-state index is 0.477. The van der Waals surface area contributed by atoms with Gasteiger partial charge in [0, 0.05) is 6.54 Å². The maximum Gasteiger partial charge on any atom is 0.320 e. The highest BCUT2D eigenvalue weighted by atomic mass is 35.5. The molecule has 0 bridgehead atoms. The molecule has 0 aliphatic rings. The van der Waals surface area contributed by atoms with Crippen LogP contribution in [0.4, 0.5) is 0 Å². The lowest BCUT2D eigenvalue weighted by Crippen LogP contribution is -2.36. The van der Waals surface area contributed by atoms with Gasteiger partial charge in [-0.2, -0.15) is 0 Å². The van der Waals surface area contributed by atoms with Gasteiger partial charge in [-0.3, -0.25) is 4.79 Å². The van der Waals surface area contributed by atoms with Crippen LogP contribution in [0.1, 0.15) is 31.7 Å². The summed E-state index contributed by atoms with van der Waals surface area (Å²) in [6.07, 6.45) is 2.52. The number of hydrogen-bond donors (Lipinski definition) is 2. The zero-order valence-electron chi connectivity index (χ0n) is 11.3. The summed E-state index contributed by atoms with van der Waals surface area (Å²) in [5.74, 6) is -0.195. The second kappa shape index (κ2) is 8.02. The van der Waals surface area contributed by atoms with E-state index in [0.717, 1.165) is 18.4 Å². The molecule has 0 amide bonds. The maximum absolute atomic E-state index is 11.1. The number of benzene rings is 1. The standard InChI is InChI=1S/C14H20ClNO3/c1-3-4-5-12(14(17)18)16-9-10-6-7-13(19-2)11(15)8-10/h6-8,12,16H,3-5,9H2,1-2H3,(H,17,18). The largest absolute Gasteiger partial charge is 0.495 e. The van der Waals surface area contributed by atoms with Crippen LogP contribution in [0.15, 0.2) is 18.2 Å². The second-order valence-electron chi connectivity index (χ2n) is 4.38. The second-order valence-corrected chi connectivity index (χ2v) is 4.79. The third-order valence-corrected chi connectivity index (χ3v) is 3.21. The first-order valence-corrected chi connectivity index (χ1v) is 6.74. The van der Waals surface area contributed by atoms with Gasteiger partial charge in [-0.25, -0.2) is 0 Å². The lowest BCUT2D eigenvalue weighted by Gasteiger charge is -2.14. The topological polar surface area (TPSA) is 58.6 Å². The number of halogens is 1. The van der Waals surface area contributed by atoms with Crippen molar-refractivity contribution in [3.63, 3.8) is 0 Å². The van der Waals surface area contributed by atoms with Crippen LogP contribution in [0, 0.1) is 0 Å². The van der Waals surface area contributed by atoms with Gasteiger partial charge >= 0.3 is 5.97 Å². The number of nitrogens with one attached hydrogen (secondary N) is 1. The summed E-state index contributed by atoms with van der Waals surface area (Å²) in [5.41, 5.74) is 0.938. The highest BCUT2D eigenvalue weighted by Crippen LogP contribution is 2.24. The summed E-state index contributed by atoms with van der Waals surface area (Å²) in [4.78, 5) is 11.1. The van der Waals surface area contributed by atoms with Crippen molar-refractivity contribution in [2.45, 2.75) is 38.8 Å². The highest BCUT2D eigenvalue weighted by molar-refractivity contribution is 6.32. The molecule has 1 atom stereocenters. The Balaban J connectivity index is 2.58. The van der Waals surface area contributed by atoms with Crippen molar-refractivity contribution in [1.29, 1.82) is 0 Å². The number of unbranched alkanes of at least 4 members (excludes halogenated alkanes) is 1. The Kier molecular flexibility index (Phi) is 6.67. The van der Waals surface area contributed by atoms with Crippen molar-refractivity contribution in [1.82, 2.24) is 5.32 Å². The molecule has 2 N–H and O–H groups in total. The number of carbonyl (C=O) groups is 1. The number of rotatable bonds is 8. The Bertz CT molecular complexity index is 423. The molecule has 0 aromatic heterocycles. The lowest BCUT2D eigenvalue weighted by molar-refractivity contribution is -0.139. The Morgan fingerprint density at radius 2 is 2.26 bits per heavy atom. The first-order valence-electron chi connectivity index (χ1n) is 6.37. The predicted octanol–water partition coefficient (Wildman–Crippen LogP) is 3.08. The number of carboxylic acid groups (broad SMARTS) is 1. The van der Waals surface area contributed by atoms with Gasteiger partial charge in [0.15, 0.2) is 0 Å². The summed E-state index contributed by atoms with van der Waals surface area (Å²) in [6, 6.07) is 4.92. The Hall–Kier alpha value is -1.26. The minimum atomic E-state index is -0.812. The molecule has 0 saturated heterocycles. The normalized spacial score (nSPS) is 12.2. The molecule has 4 nitrogen and oxygen atoms in total. The van der Waals surface area contributed by atoms with E-state index in [9.17, 15) is 4.79 Å². The Labute approximate surface area is 118 Å².